The van der Waals surface area contributed by atoms with E-state index >= 15 is 0 Å². The molecule has 1 aromatic rings. The second kappa shape index (κ2) is 5.64. The summed E-state index contributed by atoms with van der Waals surface area (Å²) in [5, 5.41) is 4.10. The monoisotopic (exact) mass is 279 g/mol. The van der Waals surface area contributed by atoms with Gasteiger partial charge in [-0.3, -0.25) is 14.4 Å². The molecule has 0 radical (unpaired) electrons. The fourth-order valence-electron chi connectivity index (χ4n) is 2.46. The molecule has 0 aliphatic carbocycles. The van der Waals surface area contributed by atoms with Crippen molar-refractivity contribution in [1.29, 1.82) is 0 Å². The Labute approximate surface area is 116 Å². The molecule has 7 heteroatoms. The van der Waals surface area contributed by atoms with Crippen LogP contribution in [-0.4, -0.2) is 53.8 Å². The van der Waals surface area contributed by atoms with Gasteiger partial charge < -0.3 is 15.0 Å². The van der Waals surface area contributed by atoms with E-state index in [-0.39, 0.29) is 24.5 Å². The molecule has 0 saturated carbocycles. The molecule has 2 aliphatic heterocycles. The fourth-order valence-corrected chi connectivity index (χ4v) is 2.46. The van der Waals surface area contributed by atoms with Crippen LogP contribution in [0.2, 0.25) is 0 Å². The maximum atomic E-state index is 12.2. The summed E-state index contributed by atoms with van der Waals surface area (Å²) in [6, 6.07) is 1.09. The number of hydrogen-bond donors (Lipinski definition) is 2. The van der Waals surface area contributed by atoms with Crippen LogP contribution in [0, 0.1) is 0 Å². The van der Waals surface area contributed by atoms with Gasteiger partial charge in [-0.1, -0.05) is 0 Å². The first-order valence-corrected chi connectivity index (χ1v) is 6.73. The number of carbonyl (C=O) groups excluding carboxylic acids is 2. The summed E-state index contributed by atoms with van der Waals surface area (Å²) in [6.45, 7) is 1.46. The number of aromatic nitrogens is 1. The molecule has 2 N–H and O–H groups in total. The van der Waals surface area contributed by atoms with E-state index in [1.54, 1.807) is 18.5 Å². The van der Waals surface area contributed by atoms with Crippen LogP contribution in [0.15, 0.2) is 18.5 Å². The number of nitrogens with zero attached hydrogens (tertiary/aromatic N) is 1. The van der Waals surface area contributed by atoms with Crippen molar-refractivity contribution in [3.05, 3.63) is 24.0 Å². The third kappa shape index (κ3) is 2.54. The highest BCUT2D eigenvalue weighted by Crippen LogP contribution is 2.20. The molecule has 2 amide bonds. The molecule has 0 spiro atoms. The number of H-pyrrole nitrogens is 1. The second-order valence-electron chi connectivity index (χ2n) is 4.93. The van der Waals surface area contributed by atoms with Gasteiger partial charge in [0.15, 0.2) is 0 Å². The highest BCUT2D eigenvalue weighted by molar-refractivity contribution is 5.97. The Morgan fingerprint density at radius 1 is 1.40 bits per heavy atom. The Hall–Kier alpha value is -1.86. The minimum atomic E-state index is -0.611. The molecule has 20 heavy (non-hydrogen) atoms. The molecule has 2 aliphatic rings. The average molecular weight is 279 g/mol. The van der Waals surface area contributed by atoms with E-state index < -0.39 is 6.04 Å². The number of carbonyl (C=O) groups is 2. The SMILES string of the molecule is O=C(N[C@@H]1CON(C2CCOCC2)C1=O)c1cc[nH]c1. The molecule has 1 atom stereocenters. The van der Waals surface area contributed by atoms with E-state index in [9.17, 15) is 9.59 Å². The molecule has 2 saturated heterocycles. The molecule has 7 nitrogen and oxygen atoms in total. The number of nitrogens with one attached hydrogen (secondary N) is 2. The largest absolute Gasteiger partial charge is 0.381 e. The highest BCUT2D eigenvalue weighted by Gasteiger charge is 2.39. The number of ether oxygens (including phenoxy) is 1. The van der Waals surface area contributed by atoms with Crippen molar-refractivity contribution in [2.45, 2.75) is 24.9 Å². The number of aromatic amines is 1. The molecule has 0 unspecified atom stereocenters. The lowest BCUT2D eigenvalue weighted by atomic mass is 10.1. The molecule has 2 fully saturated rings. The normalized spacial score (nSPS) is 24.1. The average Bonchev–Trinajstić information content (AvgIpc) is 3.11. The third-order valence-corrected chi connectivity index (χ3v) is 3.58. The minimum Gasteiger partial charge on any atom is -0.381 e. The Morgan fingerprint density at radius 2 is 2.20 bits per heavy atom. The first kappa shape index (κ1) is 13.1. The van der Waals surface area contributed by atoms with E-state index in [1.807, 2.05) is 0 Å². The van der Waals surface area contributed by atoms with Crippen LogP contribution >= 0.6 is 0 Å². The van der Waals surface area contributed by atoms with Crippen molar-refractivity contribution >= 4 is 11.8 Å². The molecule has 3 heterocycles. The lowest BCUT2D eigenvalue weighted by Crippen LogP contribution is -2.46. The maximum absolute atomic E-state index is 12.2. The summed E-state index contributed by atoms with van der Waals surface area (Å²) in [7, 11) is 0. The molecular weight excluding hydrogens is 262 g/mol. The summed E-state index contributed by atoms with van der Waals surface area (Å²) in [4.78, 5) is 32.4. The summed E-state index contributed by atoms with van der Waals surface area (Å²) in [5.74, 6) is -0.456. The van der Waals surface area contributed by atoms with Crippen molar-refractivity contribution in [2.75, 3.05) is 19.8 Å². The van der Waals surface area contributed by atoms with Gasteiger partial charge in [0.05, 0.1) is 11.6 Å². The number of rotatable bonds is 3. The predicted octanol–water partition coefficient (Wildman–Crippen LogP) is 0.0659. The van der Waals surface area contributed by atoms with Gasteiger partial charge in [0.2, 0.25) is 0 Å². The first-order valence-electron chi connectivity index (χ1n) is 6.73. The Bertz CT molecular complexity index is 482. The Kier molecular flexibility index (Phi) is 3.70. The van der Waals surface area contributed by atoms with E-state index in [0.717, 1.165) is 12.8 Å². The molecule has 108 valence electrons. The summed E-state index contributed by atoms with van der Waals surface area (Å²) in [6.07, 6.45) is 4.79. The van der Waals surface area contributed by atoms with Crippen LogP contribution in [0.25, 0.3) is 0 Å². The van der Waals surface area contributed by atoms with Gasteiger partial charge in [-0.15, -0.1) is 0 Å². The first-order chi connectivity index (χ1) is 9.75. The zero-order valence-corrected chi connectivity index (χ0v) is 11.0. The van der Waals surface area contributed by atoms with Gasteiger partial charge in [0.25, 0.3) is 11.8 Å². The molecule has 0 bridgehead atoms. The van der Waals surface area contributed by atoms with Gasteiger partial charge in [0.1, 0.15) is 12.6 Å². The lowest BCUT2D eigenvalue weighted by Gasteiger charge is -2.29. The summed E-state index contributed by atoms with van der Waals surface area (Å²) in [5.41, 5.74) is 0.502. The van der Waals surface area contributed by atoms with Gasteiger partial charge in [-0.25, -0.2) is 5.06 Å². The van der Waals surface area contributed by atoms with E-state index in [1.165, 1.54) is 5.06 Å². The topological polar surface area (TPSA) is 83.7 Å². The van der Waals surface area contributed by atoms with Crippen LogP contribution in [-0.2, 0) is 14.4 Å². The smallest absolute Gasteiger partial charge is 0.271 e. The van der Waals surface area contributed by atoms with Crippen LogP contribution in [0.5, 0.6) is 0 Å². The number of hydrogen-bond acceptors (Lipinski definition) is 4. The minimum absolute atomic E-state index is 0.0467. The molecule has 0 aromatic carbocycles. The van der Waals surface area contributed by atoms with Crippen molar-refractivity contribution in [3.8, 4) is 0 Å². The van der Waals surface area contributed by atoms with Crippen molar-refractivity contribution in [3.63, 3.8) is 0 Å². The van der Waals surface area contributed by atoms with Gasteiger partial charge >= 0.3 is 0 Å². The van der Waals surface area contributed by atoms with Crippen LogP contribution in [0.3, 0.4) is 0 Å². The van der Waals surface area contributed by atoms with E-state index in [2.05, 4.69) is 10.3 Å². The van der Waals surface area contributed by atoms with Gasteiger partial charge in [-0.05, 0) is 18.9 Å². The Balaban J connectivity index is 1.59. The third-order valence-electron chi connectivity index (χ3n) is 3.58. The van der Waals surface area contributed by atoms with Crippen molar-refractivity contribution in [2.24, 2.45) is 0 Å². The van der Waals surface area contributed by atoms with Gasteiger partial charge in [0, 0.05) is 25.6 Å². The standard InChI is InChI=1S/C13H17N3O4/c17-12(9-1-4-14-7-9)15-11-8-20-16(13(11)18)10-2-5-19-6-3-10/h1,4,7,10-11,14H,2-3,5-6,8H2,(H,15,17)/t11-/m1/s1. The summed E-state index contributed by atoms with van der Waals surface area (Å²) < 4.78 is 5.27. The van der Waals surface area contributed by atoms with Crippen molar-refractivity contribution in [1.82, 2.24) is 15.4 Å². The van der Waals surface area contributed by atoms with E-state index in [0.29, 0.717) is 18.8 Å². The zero-order valence-electron chi connectivity index (χ0n) is 11.0. The Morgan fingerprint density at radius 3 is 2.90 bits per heavy atom. The summed E-state index contributed by atoms with van der Waals surface area (Å²) >= 11 is 0. The molecule has 1 aromatic heterocycles. The highest BCUT2D eigenvalue weighted by atomic mass is 16.7. The van der Waals surface area contributed by atoms with E-state index in [4.69, 9.17) is 9.57 Å². The lowest BCUT2D eigenvalue weighted by molar-refractivity contribution is -0.181. The quantitative estimate of drug-likeness (QED) is 0.820. The zero-order chi connectivity index (χ0) is 13.9. The fraction of sp³-hybridized carbons (Fsp3) is 0.538. The number of hydroxylamine groups is 2. The maximum Gasteiger partial charge on any atom is 0.271 e. The van der Waals surface area contributed by atoms with Crippen LogP contribution in [0.1, 0.15) is 23.2 Å². The molecule has 3 rings (SSSR count). The predicted molar refractivity (Wildman–Crippen MR) is 68.7 cm³/mol. The second-order valence-corrected chi connectivity index (χ2v) is 4.93. The van der Waals surface area contributed by atoms with Crippen LogP contribution in [0.4, 0.5) is 0 Å². The van der Waals surface area contributed by atoms with Gasteiger partial charge in [-0.2, -0.15) is 0 Å². The molecular formula is C13H17N3O4. The van der Waals surface area contributed by atoms with Crippen molar-refractivity contribution < 1.29 is 19.2 Å². The van der Waals surface area contributed by atoms with Crippen LogP contribution < -0.4 is 5.32 Å². The number of amides is 2.